The van der Waals surface area contributed by atoms with Crippen molar-refractivity contribution >= 4 is 44.8 Å². The summed E-state index contributed by atoms with van der Waals surface area (Å²) in [5.41, 5.74) is 0.435. The van der Waals surface area contributed by atoms with E-state index in [0.717, 1.165) is 12.8 Å². The fourth-order valence-electron chi connectivity index (χ4n) is 2.30. The molecule has 0 atom stereocenters. The van der Waals surface area contributed by atoms with Crippen molar-refractivity contribution in [3.05, 3.63) is 52.0 Å². The van der Waals surface area contributed by atoms with Crippen LogP contribution in [0.25, 0.3) is 0 Å². The van der Waals surface area contributed by atoms with Gasteiger partial charge in [-0.3, -0.25) is 4.79 Å². The third-order valence-corrected chi connectivity index (χ3v) is 5.87. The summed E-state index contributed by atoms with van der Waals surface area (Å²) in [7, 11) is -2.23. The van der Waals surface area contributed by atoms with Crippen LogP contribution in [0, 0.1) is 0 Å². The maximum atomic E-state index is 12.5. The number of rotatable bonds is 6. The lowest BCUT2D eigenvalue weighted by molar-refractivity contribution is 0.102. The zero-order chi connectivity index (χ0) is 18.9. The largest absolute Gasteiger partial charge is 0.495 e. The molecule has 2 N–H and O–H groups in total. The van der Waals surface area contributed by atoms with Crippen LogP contribution in [0.1, 0.15) is 23.2 Å². The third-order valence-electron chi connectivity index (χ3n) is 3.80. The van der Waals surface area contributed by atoms with E-state index in [1.807, 2.05) is 0 Å². The summed E-state index contributed by atoms with van der Waals surface area (Å²) in [5.74, 6) is -0.177. The highest BCUT2D eigenvalue weighted by Gasteiger charge is 2.28. The van der Waals surface area contributed by atoms with Crippen molar-refractivity contribution in [2.24, 2.45) is 0 Å². The molecular formula is C17H16Cl2N2O4S. The summed E-state index contributed by atoms with van der Waals surface area (Å²) in [5, 5.41) is 3.23. The summed E-state index contributed by atoms with van der Waals surface area (Å²) in [6, 6.07) is 8.73. The van der Waals surface area contributed by atoms with Gasteiger partial charge in [-0.2, -0.15) is 0 Å². The standard InChI is InChI=1S/C17H16Cl2N2O4S/c1-25-16-7-5-12(26(23,24)21-11-3-4-11)9-15(16)20-17(22)13-6-2-10(18)8-14(13)19/h2,5-9,11,21H,3-4H2,1H3,(H,20,22). The highest BCUT2D eigenvalue weighted by atomic mass is 35.5. The molecule has 1 fully saturated rings. The monoisotopic (exact) mass is 414 g/mol. The lowest BCUT2D eigenvalue weighted by Gasteiger charge is -2.13. The van der Waals surface area contributed by atoms with Crippen molar-refractivity contribution in [1.29, 1.82) is 0 Å². The summed E-state index contributed by atoms with van der Waals surface area (Å²) in [4.78, 5) is 12.5. The topological polar surface area (TPSA) is 84.5 Å². The number of hydrogen-bond acceptors (Lipinski definition) is 4. The number of ether oxygens (including phenoxy) is 1. The zero-order valence-corrected chi connectivity index (χ0v) is 16.1. The first-order valence-corrected chi connectivity index (χ1v) is 10.0. The van der Waals surface area contributed by atoms with Crippen molar-refractivity contribution in [3.8, 4) is 5.75 Å². The number of methoxy groups -OCH3 is 1. The predicted octanol–water partition coefficient (Wildman–Crippen LogP) is 3.70. The average molecular weight is 415 g/mol. The van der Waals surface area contributed by atoms with Crippen molar-refractivity contribution in [3.63, 3.8) is 0 Å². The second-order valence-corrected chi connectivity index (χ2v) is 8.39. The Morgan fingerprint density at radius 1 is 1.15 bits per heavy atom. The molecule has 1 aliphatic rings. The molecule has 2 aromatic carbocycles. The Kier molecular flexibility index (Phi) is 5.43. The van der Waals surface area contributed by atoms with Gasteiger partial charge in [0, 0.05) is 11.1 Å². The zero-order valence-electron chi connectivity index (χ0n) is 13.8. The molecule has 1 aliphatic carbocycles. The van der Waals surface area contributed by atoms with E-state index in [0.29, 0.717) is 10.8 Å². The van der Waals surface area contributed by atoms with Gasteiger partial charge >= 0.3 is 0 Å². The van der Waals surface area contributed by atoms with Crippen LogP contribution in [0.15, 0.2) is 41.3 Å². The molecule has 2 aromatic rings. The van der Waals surface area contributed by atoms with Crippen LogP contribution in [0.2, 0.25) is 10.0 Å². The second kappa shape index (κ2) is 7.44. The van der Waals surface area contributed by atoms with Crippen LogP contribution in [-0.2, 0) is 10.0 Å². The van der Waals surface area contributed by atoms with Crippen LogP contribution in [0.3, 0.4) is 0 Å². The highest BCUT2D eigenvalue weighted by molar-refractivity contribution is 7.89. The molecule has 0 spiro atoms. The number of nitrogens with one attached hydrogen (secondary N) is 2. The van der Waals surface area contributed by atoms with E-state index in [1.165, 1.54) is 37.4 Å². The van der Waals surface area contributed by atoms with Gasteiger partial charge in [0.25, 0.3) is 5.91 Å². The normalized spacial score (nSPS) is 14.1. The minimum atomic E-state index is -3.66. The Hall–Kier alpha value is -1.80. The van der Waals surface area contributed by atoms with Gasteiger partial charge in [-0.15, -0.1) is 0 Å². The number of anilines is 1. The van der Waals surface area contributed by atoms with E-state index >= 15 is 0 Å². The van der Waals surface area contributed by atoms with Gasteiger partial charge in [-0.05, 0) is 49.2 Å². The lowest BCUT2D eigenvalue weighted by Crippen LogP contribution is -2.26. The summed E-state index contributed by atoms with van der Waals surface area (Å²) in [6.07, 6.45) is 1.65. The van der Waals surface area contributed by atoms with Gasteiger partial charge in [0.15, 0.2) is 0 Å². The van der Waals surface area contributed by atoms with Gasteiger partial charge in [0.2, 0.25) is 10.0 Å². The van der Waals surface area contributed by atoms with Gasteiger partial charge < -0.3 is 10.1 Å². The number of sulfonamides is 1. The third kappa shape index (κ3) is 4.29. The van der Waals surface area contributed by atoms with Crippen LogP contribution < -0.4 is 14.8 Å². The van der Waals surface area contributed by atoms with Gasteiger partial charge in [-0.1, -0.05) is 23.2 Å². The van der Waals surface area contributed by atoms with Crippen LogP contribution in [0.4, 0.5) is 5.69 Å². The van der Waals surface area contributed by atoms with Gasteiger partial charge in [0.1, 0.15) is 5.75 Å². The SMILES string of the molecule is COc1ccc(S(=O)(=O)NC2CC2)cc1NC(=O)c1ccc(Cl)cc1Cl. The second-order valence-electron chi connectivity index (χ2n) is 5.84. The average Bonchev–Trinajstić information content (AvgIpc) is 3.37. The van der Waals surface area contributed by atoms with E-state index in [-0.39, 0.29) is 27.2 Å². The highest BCUT2D eigenvalue weighted by Crippen LogP contribution is 2.30. The molecule has 6 nitrogen and oxygen atoms in total. The van der Waals surface area contributed by atoms with Gasteiger partial charge in [0.05, 0.1) is 28.3 Å². The smallest absolute Gasteiger partial charge is 0.257 e. The number of hydrogen-bond donors (Lipinski definition) is 2. The number of benzene rings is 2. The van der Waals surface area contributed by atoms with Crippen LogP contribution in [0.5, 0.6) is 5.75 Å². The molecule has 0 aliphatic heterocycles. The Labute approximate surface area is 161 Å². The van der Waals surface area contributed by atoms with Crippen molar-refractivity contribution < 1.29 is 17.9 Å². The molecule has 26 heavy (non-hydrogen) atoms. The minimum absolute atomic E-state index is 0.0204. The molecule has 0 unspecified atom stereocenters. The van der Waals surface area contributed by atoms with Crippen molar-refractivity contribution in [2.75, 3.05) is 12.4 Å². The van der Waals surface area contributed by atoms with E-state index in [4.69, 9.17) is 27.9 Å². The quantitative estimate of drug-likeness (QED) is 0.754. The van der Waals surface area contributed by atoms with Crippen LogP contribution >= 0.6 is 23.2 Å². The number of carbonyl (C=O) groups is 1. The van der Waals surface area contributed by atoms with E-state index < -0.39 is 15.9 Å². The molecule has 0 radical (unpaired) electrons. The molecule has 1 saturated carbocycles. The number of halogens is 2. The fourth-order valence-corrected chi connectivity index (χ4v) is 4.13. The Morgan fingerprint density at radius 3 is 2.50 bits per heavy atom. The Bertz CT molecular complexity index is 959. The van der Waals surface area contributed by atoms with Gasteiger partial charge in [-0.25, -0.2) is 13.1 Å². The lowest BCUT2D eigenvalue weighted by atomic mass is 10.2. The molecule has 1 amide bonds. The first-order valence-electron chi connectivity index (χ1n) is 7.77. The van der Waals surface area contributed by atoms with Crippen molar-refractivity contribution in [2.45, 2.75) is 23.8 Å². The number of amides is 1. The molecule has 0 aromatic heterocycles. The minimum Gasteiger partial charge on any atom is -0.495 e. The van der Waals surface area contributed by atoms with E-state index in [1.54, 1.807) is 6.07 Å². The summed E-state index contributed by atoms with van der Waals surface area (Å²) >= 11 is 11.9. The number of carbonyl (C=O) groups excluding carboxylic acids is 1. The first-order chi connectivity index (χ1) is 12.3. The molecule has 138 valence electrons. The molecule has 0 heterocycles. The van der Waals surface area contributed by atoms with E-state index in [2.05, 4.69) is 10.0 Å². The van der Waals surface area contributed by atoms with E-state index in [9.17, 15) is 13.2 Å². The fraction of sp³-hybridized carbons (Fsp3) is 0.235. The summed E-state index contributed by atoms with van der Waals surface area (Å²) in [6.45, 7) is 0. The summed E-state index contributed by atoms with van der Waals surface area (Å²) < 4.78 is 32.6. The molecule has 0 bridgehead atoms. The molecule has 9 heteroatoms. The molecule has 3 rings (SSSR count). The Balaban J connectivity index is 1.90. The predicted molar refractivity (Wildman–Crippen MR) is 101 cm³/mol. The molecular weight excluding hydrogens is 399 g/mol. The van der Waals surface area contributed by atoms with Crippen LogP contribution in [-0.4, -0.2) is 27.5 Å². The maximum Gasteiger partial charge on any atom is 0.257 e. The molecule has 0 saturated heterocycles. The Morgan fingerprint density at radius 2 is 1.88 bits per heavy atom. The van der Waals surface area contributed by atoms with Crippen molar-refractivity contribution in [1.82, 2.24) is 4.72 Å². The maximum absolute atomic E-state index is 12.5. The first kappa shape index (κ1) is 19.0.